The van der Waals surface area contributed by atoms with Crippen molar-refractivity contribution in [3.05, 3.63) is 94.0 Å². The Morgan fingerprint density at radius 1 is 0.882 bits per heavy atom. The largest absolute Gasteiger partial charge is 0.488 e. The minimum Gasteiger partial charge on any atom is -0.488 e. The minimum absolute atomic E-state index is 0.0566. The molecule has 0 amide bonds. The topological polar surface area (TPSA) is 26.3 Å². The normalized spacial score (nSPS) is 13.8. The molecule has 0 saturated heterocycles. The molecule has 0 aliphatic rings. The van der Waals surface area contributed by atoms with Crippen molar-refractivity contribution in [2.24, 2.45) is 0 Å². The van der Waals surface area contributed by atoms with Crippen LogP contribution in [-0.2, 0) is 17.2 Å². The third-order valence-corrected chi connectivity index (χ3v) is 8.41. The highest BCUT2D eigenvalue weighted by atomic mass is 31.1. The molecular weight excluding hydrogens is 435 g/mol. The van der Waals surface area contributed by atoms with Gasteiger partial charge >= 0.3 is 0 Å². The molecule has 3 aromatic rings. The molecule has 2 nitrogen and oxygen atoms in total. The highest BCUT2D eigenvalue weighted by Gasteiger charge is 2.33. The van der Waals surface area contributed by atoms with Gasteiger partial charge in [-0.3, -0.25) is 4.79 Å². The maximum absolute atomic E-state index is 12.5. The predicted octanol–water partition coefficient (Wildman–Crippen LogP) is 8.01. The first kappa shape index (κ1) is 26.2. The number of ether oxygens (including phenoxy) is 1. The summed E-state index contributed by atoms with van der Waals surface area (Å²) in [5.74, 6) is 1.13. The number of benzene rings is 3. The molecule has 0 aromatic heterocycles. The molecule has 2 atom stereocenters. The fourth-order valence-electron chi connectivity index (χ4n) is 4.33. The van der Waals surface area contributed by atoms with Crippen LogP contribution in [0.4, 0.5) is 0 Å². The number of Topliss-reactive ketones (excluding diaryl/α,β-unsaturated/α-hetero) is 1. The Morgan fingerprint density at radius 3 is 2.12 bits per heavy atom. The van der Waals surface area contributed by atoms with Crippen molar-refractivity contribution >= 4 is 19.7 Å². The van der Waals surface area contributed by atoms with E-state index in [9.17, 15) is 4.79 Å². The van der Waals surface area contributed by atoms with E-state index < -0.39 is 0 Å². The summed E-state index contributed by atoms with van der Waals surface area (Å²) in [7, 11) is 0.457. The lowest BCUT2D eigenvalue weighted by atomic mass is 9.81. The molecule has 0 heterocycles. The van der Waals surface area contributed by atoms with Crippen molar-refractivity contribution in [3.63, 3.8) is 0 Å². The van der Waals surface area contributed by atoms with Gasteiger partial charge in [0.05, 0.1) is 0 Å². The zero-order valence-corrected chi connectivity index (χ0v) is 23.0. The Kier molecular flexibility index (Phi) is 8.04. The van der Waals surface area contributed by atoms with Gasteiger partial charge in [0.15, 0.2) is 5.78 Å². The van der Waals surface area contributed by atoms with Crippen molar-refractivity contribution in [1.29, 1.82) is 0 Å². The second-order valence-corrected chi connectivity index (χ2v) is 12.5. The maximum atomic E-state index is 12.5. The summed E-state index contributed by atoms with van der Waals surface area (Å²) in [4.78, 5) is 12.5. The van der Waals surface area contributed by atoms with Gasteiger partial charge in [-0.2, -0.15) is 0 Å². The molecule has 0 bridgehead atoms. The Bertz CT molecular complexity index is 1160. The van der Waals surface area contributed by atoms with E-state index in [2.05, 4.69) is 90.1 Å². The second kappa shape index (κ2) is 10.4. The van der Waals surface area contributed by atoms with E-state index in [1.54, 1.807) is 6.92 Å². The summed E-state index contributed by atoms with van der Waals surface area (Å²) in [6, 6.07) is 21.2. The summed E-state index contributed by atoms with van der Waals surface area (Å²) >= 11 is 0. The zero-order chi connectivity index (χ0) is 25.1. The van der Waals surface area contributed by atoms with Crippen LogP contribution in [-0.4, -0.2) is 5.78 Å². The molecule has 0 aliphatic heterocycles. The molecule has 0 radical (unpaired) electrons. The van der Waals surface area contributed by atoms with Gasteiger partial charge < -0.3 is 4.74 Å². The molecule has 0 saturated carbocycles. The Morgan fingerprint density at radius 2 is 1.53 bits per heavy atom. The quantitative estimate of drug-likeness (QED) is 0.244. The van der Waals surface area contributed by atoms with E-state index in [1.165, 1.54) is 16.7 Å². The van der Waals surface area contributed by atoms with Crippen molar-refractivity contribution < 1.29 is 9.53 Å². The van der Waals surface area contributed by atoms with Crippen LogP contribution < -0.4 is 10.0 Å². The Hall–Kier alpha value is -2.44. The third kappa shape index (κ3) is 5.97. The highest BCUT2D eigenvalue weighted by Crippen LogP contribution is 2.50. The molecule has 0 N–H and O–H groups in total. The minimum atomic E-state index is -0.155. The van der Waals surface area contributed by atoms with Crippen molar-refractivity contribution in [1.82, 2.24) is 0 Å². The number of ketones is 1. The highest BCUT2D eigenvalue weighted by molar-refractivity contribution is 7.48. The third-order valence-electron chi connectivity index (χ3n) is 6.53. The first-order chi connectivity index (χ1) is 15.9. The fourth-order valence-corrected chi connectivity index (χ4v) is 5.97. The van der Waals surface area contributed by atoms with Gasteiger partial charge in [0.2, 0.25) is 0 Å². The van der Waals surface area contributed by atoms with E-state index >= 15 is 0 Å². The average Bonchev–Trinajstić information content (AvgIpc) is 2.78. The SMILES string of the molecule is CCC(C)(Pc1ccc(C)cc1C(C)=O)c1cc(C)cc(C(C)(C)C)c1OCc1ccccc1. The number of rotatable bonds is 8. The second-order valence-electron chi connectivity index (χ2n) is 10.6. The van der Waals surface area contributed by atoms with Crippen LogP contribution in [0.25, 0.3) is 0 Å². The predicted molar refractivity (Wildman–Crippen MR) is 147 cm³/mol. The summed E-state index contributed by atoms with van der Waals surface area (Å²) in [6.07, 6.45) is 0.950. The van der Waals surface area contributed by atoms with E-state index in [0.29, 0.717) is 15.2 Å². The molecule has 2 unspecified atom stereocenters. The van der Waals surface area contributed by atoms with Crippen LogP contribution in [0.3, 0.4) is 0 Å². The molecule has 3 rings (SSSR count). The smallest absolute Gasteiger partial charge is 0.160 e. The molecule has 0 fully saturated rings. The number of hydrogen-bond acceptors (Lipinski definition) is 2. The monoisotopic (exact) mass is 474 g/mol. The Balaban J connectivity index is 2.15. The number of carbonyl (C=O) groups excluding carboxylic acids is 1. The fraction of sp³-hybridized carbons (Fsp3) is 0.387. The van der Waals surface area contributed by atoms with Crippen LogP contribution in [0.5, 0.6) is 5.75 Å². The molecule has 180 valence electrons. The van der Waals surface area contributed by atoms with Gasteiger partial charge in [-0.25, -0.2) is 0 Å². The Labute approximate surface area is 207 Å². The van der Waals surface area contributed by atoms with Gasteiger partial charge in [0.25, 0.3) is 0 Å². The summed E-state index contributed by atoms with van der Waals surface area (Å²) in [6.45, 7) is 17.7. The van der Waals surface area contributed by atoms with Crippen molar-refractivity contribution in [2.45, 2.75) is 79.0 Å². The molecule has 0 aliphatic carbocycles. The summed E-state index contributed by atoms with van der Waals surface area (Å²) in [5.41, 5.74) is 6.78. The van der Waals surface area contributed by atoms with Crippen LogP contribution in [0.1, 0.15) is 86.1 Å². The van der Waals surface area contributed by atoms with Gasteiger partial charge in [-0.15, -0.1) is 0 Å². The standard InChI is InChI=1S/C31H39O2P/c1-9-31(8,34-28-16-15-21(2)17-25(28)23(4)32)27-19-22(3)18-26(30(5,6)7)29(27)33-20-24-13-11-10-12-14-24/h10-19,34H,9,20H2,1-8H3. The lowest BCUT2D eigenvalue weighted by Gasteiger charge is -2.35. The molecule has 3 aromatic carbocycles. The first-order valence-electron chi connectivity index (χ1n) is 12.2. The average molecular weight is 475 g/mol. The number of carbonyl (C=O) groups is 1. The molecule has 34 heavy (non-hydrogen) atoms. The summed E-state index contributed by atoms with van der Waals surface area (Å²) in [5, 5.41) is 0.979. The molecule has 3 heteroatoms. The lowest BCUT2D eigenvalue weighted by Crippen LogP contribution is -2.24. The van der Waals surface area contributed by atoms with E-state index in [0.717, 1.165) is 34.2 Å². The van der Waals surface area contributed by atoms with Crippen molar-refractivity contribution in [2.75, 3.05) is 0 Å². The van der Waals surface area contributed by atoms with Crippen molar-refractivity contribution in [3.8, 4) is 5.75 Å². The van der Waals surface area contributed by atoms with E-state index in [4.69, 9.17) is 4.74 Å². The molecule has 0 spiro atoms. The van der Waals surface area contributed by atoms with Gasteiger partial charge in [-0.05, 0) is 49.5 Å². The van der Waals surface area contributed by atoms with Crippen LogP contribution in [0, 0.1) is 13.8 Å². The number of hydrogen-bond donors (Lipinski definition) is 0. The number of aryl methyl sites for hydroxylation is 2. The lowest BCUT2D eigenvalue weighted by molar-refractivity contribution is 0.101. The van der Waals surface area contributed by atoms with Gasteiger partial charge in [0, 0.05) is 21.8 Å². The van der Waals surface area contributed by atoms with Crippen LogP contribution in [0.2, 0.25) is 0 Å². The van der Waals surface area contributed by atoms with E-state index in [1.807, 2.05) is 19.1 Å². The van der Waals surface area contributed by atoms with Crippen LogP contribution in [0.15, 0.2) is 60.7 Å². The maximum Gasteiger partial charge on any atom is 0.160 e. The first-order valence-corrected chi connectivity index (χ1v) is 13.2. The van der Waals surface area contributed by atoms with Gasteiger partial charge in [0.1, 0.15) is 12.4 Å². The molecular formula is C31H39O2P. The van der Waals surface area contributed by atoms with E-state index in [-0.39, 0.29) is 16.4 Å². The summed E-state index contributed by atoms with van der Waals surface area (Å²) < 4.78 is 6.66. The zero-order valence-electron chi connectivity index (χ0n) is 22.0. The van der Waals surface area contributed by atoms with Gasteiger partial charge in [-0.1, -0.05) is 109 Å². The van der Waals surface area contributed by atoms with Crippen LogP contribution >= 0.6 is 8.58 Å².